The Kier molecular flexibility index (Phi) is 5.24. The van der Waals surface area contributed by atoms with Crippen LogP contribution < -0.4 is 10.5 Å². The minimum Gasteiger partial charge on any atom is -0.350 e. The summed E-state index contributed by atoms with van der Waals surface area (Å²) in [6.07, 6.45) is 1.71. The van der Waals surface area contributed by atoms with E-state index in [2.05, 4.69) is 5.32 Å². The van der Waals surface area contributed by atoms with Crippen molar-refractivity contribution in [1.29, 1.82) is 0 Å². The average molecular weight is 302 g/mol. The molecule has 7 heteroatoms. The van der Waals surface area contributed by atoms with Gasteiger partial charge < -0.3 is 5.32 Å². The van der Waals surface area contributed by atoms with Crippen LogP contribution in [0.5, 0.6) is 0 Å². The highest BCUT2D eigenvalue weighted by molar-refractivity contribution is 7.89. The standard InChI is InChI=1S/C13H19FN2O3S/c1-4-5-9(3)16-13(17)10-6-8(2)12(14)11(7-10)20(15,18)19/h6-7,9H,4-5H2,1-3H3,(H,16,17)(H2,15,18,19). The van der Waals surface area contributed by atoms with Gasteiger partial charge in [-0.2, -0.15) is 0 Å². The zero-order valence-electron chi connectivity index (χ0n) is 11.7. The van der Waals surface area contributed by atoms with Gasteiger partial charge in [0.1, 0.15) is 10.7 Å². The highest BCUT2D eigenvalue weighted by atomic mass is 32.2. The molecule has 0 aliphatic carbocycles. The first-order valence-electron chi connectivity index (χ1n) is 6.30. The van der Waals surface area contributed by atoms with Crippen LogP contribution in [-0.4, -0.2) is 20.4 Å². The number of benzene rings is 1. The number of halogens is 1. The molecular formula is C13H19FN2O3S. The molecule has 0 aliphatic heterocycles. The molecular weight excluding hydrogens is 283 g/mol. The zero-order chi connectivity index (χ0) is 15.5. The van der Waals surface area contributed by atoms with Crippen LogP contribution in [0.2, 0.25) is 0 Å². The van der Waals surface area contributed by atoms with Gasteiger partial charge in [-0.05, 0) is 38.0 Å². The van der Waals surface area contributed by atoms with Crippen LogP contribution in [-0.2, 0) is 10.0 Å². The summed E-state index contributed by atoms with van der Waals surface area (Å²) in [5.74, 6) is -1.37. The molecule has 3 N–H and O–H groups in total. The van der Waals surface area contributed by atoms with Gasteiger partial charge in [0, 0.05) is 11.6 Å². The predicted molar refractivity (Wildman–Crippen MR) is 74.3 cm³/mol. The molecule has 1 amide bonds. The lowest BCUT2D eigenvalue weighted by Gasteiger charge is -2.14. The maximum Gasteiger partial charge on any atom is 0.251 e. The molecule has 0 fully saturated rings. The molecule has 0 aliphatic rings. The van der Waals surface area contributed by atoms with Crippen LogP contribution >= 0.6 is 0 Å². The summed E-state index contributed by atoms with van der Waals surface area (Å²) < 4.78 is 36.4. The third-order valence-electron chi connectivity index (χ3n) is 2.89. The van der Waals surface area contributed by atoms with Crippen molar-refractivity contribution in [3.05, 3.63) is 29.1 Å². The molecule has 0 heterocycles. The topological polar surface area (TPSA) is 89.3 Å². The average Bonchev–Trinajstić information content (AvgIpc) is 2.30. The van der Waals surface area contributed by atoms with E-state index >= 15 is 0 Å². The Balaban J connectivity index is 3.15. The van der Waals surface area contributed by atoms with E-state index in [9.17, 15) is 17.6 Å². The summed E-state index contributed by atoms with van der Waals surface area (Å²) in [5, 5.41) is 7.67. The number of amides is 1. The van der Waals surface area contributed by atoms with E-state index in [1.165, 1.54) is 13.0 Å². The Labute approximate surface area is 118 Å². The van der Waals surface area contributed by atoms with E-state index < -0.39 is 26.6 Å². The van der Waals surface area contributed by atoms with Gasteiger partial charge in [-0.25, -0.2) is 17.9 Å². The molecule has 0 saturated heterocycles. The minimum atomic E-state index is -4.21. The van der Waals surface area contributed by atoms with E-state index in [1.54, 1.807) is 0 Å². The fourth-order valence-electron chi connectivity index (χ4n) is 1.89. The number of aryl methyl sites for hydroxylation is 1. The lowest BCUT2D eigenvalue weighted by Crippen LogP contribution is -2.32. The summed E-state index contributed by atoms with van der Waals surface area (Å²) in [4.78, 5) is 11.3. The van der Waals surface area contributed by atoms with Gasteiger partial charge in [0.25, 0.3) is 5.91 Å². The van der Waals surface area contributed by atoms with Crippen LogP contribution in [0.4, 0.5) is 4.39 Å². The van der Waals surface area contributed by atoms with Gasteiger partial charge >= 0.3 is 0 Å². The third-order valence-corrected chi connectivity index (χ3v) is 3.80. The van der Waals surface area contributed by atoms with Crippen molar-refractivity contribution in [2.45, 2.75) is 44.6 Å². The molecule has 1 aromatic carbocycles. The molecule has 1 atom stereocenters. The molecule has 112 valence electrons. The lowest BCUT2D eigenvalue weighted by atomic mass is 10.1. The number of hydrogen-bond donors (Lipinski definition) is 2. The smallest absolute Gasteiger partial charge is 0.251 e. The number of carbonyl (C=O) groups is 1. The summed E-state index contributed by atoms with van der Waals surface area (Å²) in [5.41, 5.74) is 0.140. The number of rotatable bonds is 5. The zero-order valence-corrected chi connectivity index (χ0v) is 12.6. The monoisotopic (exact) mass is 302 g/mol. The second kappa shape index (κ2) is 6.32. The van der Waals surface area contributed by atoms with Crippen LogP contribution in [0.15, 0.2) is 17.0 Å². The number of nitrogens with one attached hydrogen (secondary N) is 1. The third kappa shape index (κ3) is 4.01. The highest BCUT2D eigenvalue weighted by Crippen LogP contribution is 2.19. The maximum atomic E-state index is 13.7. The van der Waals surface area contributed by atoms with Crippen LogP contribution in [0, 0.1) is 12.7 Å². The van der Waals surface area contributed by atoms with Gasteiger partial charge in [-0.3, -0.25) is 4.79 Å². The second-order valence-electron chi connectivity index (χ2n) is 4.81. The van der Waals surface area contributed by atoms with Crippen molar-refractivity contribution in [1.82, 2.24) is 5.32 Å². The first kappa shape index (κ1) is 16.6. The van der Waals surface area contributed by atoms with Crippen LogP contribution in [0.3, 0.4) is 0 Å². The van der Waals surface area contributed by atoms with E-state index in [-0.39, 0.29) is 17.2 Å². The molecule has 1 unspecified atom stereocenters. The Morgan fingerprint density at radius 2 is 2.05 bits per heavy atom. The number of sulfonamides is 1. The van der Waals surface area contributed by atoms with Gasteiger partial charge in [-0.15, -0.1) is 0 Å². The summed E-state index contributed by atoms with van der Waals surface area (Å²) >= 11 is 0. The first-order chi connectivity index (χ1) is 9.16. The summed E-state index contributed by atoms with van der Waals surface area (Å²) in [6.45, 7) is 5.22. The predicted octanol–water partition coefficient (Wildman–Crippen LogP) is 1.70. The van der Waals surface area contributed by atoms with Crippen molar-refractivity contribution in [2.75, 3.05) is 0 Å². The van der Waals surface area contributed by atoms with Gasteiger partial charge in [-0.1, -0.05) is 13.3 Å². The molecule has 5 nitrogen and oxygen atoms in total. The normalized spacial score (nSPS) is 13.1. The molecule has 0 bridgehead atoms. The first-order valence-corrected chi connectivity index (χ1v) is 7.85. The fourth-order valence-corrected chi connectivity index (χ4v) is 2.59. The highest BCUT2D eigenvalue weighted by Gasteiger charge is 2.20. The summed E-state index contributed by atoms with van der Waals surface area (Å²) in [6, 6.07) is 2.22. The van der Waals surface area contributed by atoms with Gasteiger partial charge in [0.2, 0.25) is 10.0 Å². The molecule has 20 heavy (non-hydrogen) atoms. The fraction of sp³-hybridized carbons (Fsp3) is 0.462. The van der Waals surface area contributed by atoms with E-state index in [0.29, 0.717) is 0 Å². The van der Waals surface area contributed by atoms with Crippen LogP contribution in [0.1, 0.15) is 42.6 Å². The van der Waals surface area contributed by atoms with Crippen molar-refractivity contribution in [3.63, 3.8) is 0 Å². The van der Waals surface area contributed by atoms with Crippen molar-refractivity contribution >= 4 is 15.9 Å². The maximum absolute atomic E-state index is 13.7. The molecule has 1 aromatic rings. The number of primary sulfonamides is 1. The van der Waals surface area contributed by atoms with Gasteiger partial charge in [0.15, 0.2) is 0 Å². The van der Waals surface area contributed by atoms with Crippen molar-refractivity contribution in [3.8, 4) is 0 Å². The lowest BCUT2D eigenvalue weighted by molar-refractivity contribution is 0.0938. The van der Waals surface area contributed by atoms with Crippen LogP contribution in [0.25, 0.3) is 0 Å². The Hall–Kier alpha value is -1.47. The van der Waals surface area contributed by atoms with Crippen molar-refractivity contribution in [2.24, 2.45) is 5.14 Å². The largest absolute Gasteiger partial charge is 0.350 e. The minimum absolute atomic E-state index is 0.0456. The van der Waals surface area contributed by atoms with Gasteiger partial charge in [0.05, 0.1) is 0 Å². The molecule has 0 aromatic heterocycles. The molecule has 0 saturated carbocycles. The Morgan fingerprint density at radius 1 is 1.45 bits per heavy atom. The quantitative estimate of drug-likeness (QED) is 0.867. The second-order valence-corrected chi connectivity index (χ2v) is 6.34. The SMILES string of the molecule is CCCC(C)NC(=O)c1cc(C)c(F)c(S(N)(=O)=O)c1. The number of carbonyl (C=O) groups excluding carboxylic acids is 1. The van der Waals surface area contributed by atoms with E-state index in [0.717, 1.165) is 18.9 Å². The number of nitrogens with two attached hydrogens (primary N) is 1. The molecule has 0 radical (unpaired) electrons. The molecule has 1 rings (SSSR count). The van der Waals surface area contributed by atoms with Crippen molar-refractivity contribution < 1.29 is 17.6 Å². The van der Waals surface area contributed by atoms with E-state index in [4.69, 9.17) is 5.14 Å². The number of hydrogen-bond acceptors (Lipinski definition) is 3. The summed E-state index contributed by atoms with van der Waals surface area (Å²) in [7, 11) is -4.21. The van der Waals surface area contributed by atoms with E-state index in [1.807, 2.05) is 13.8 Å². The Morgan fingerprint density at radius 3 is 2.55 bits per heavy atom. The Bertz CT molecular complexity index is 614. The molecule has 0 spiro atoms.